The molecule has 0 aromatic carbocycles. The molecule has 1 aliphatic heterocycles. The Hall–Kier alpha value is -3.16. The summed E-state index contributed by atoms with van der Waals surface area (Å²) in [5, 5.41) is 5.58. The second kappa shape index (κ2) is 8.69. The number of amides is 2. The van der Waals surface area contributed by atoms with Crippen molar-refractivity contribution in [2.75, 3.05) is 11.1 Å². The normalized spacial score (nSPS) is 15.6. The van der Waals surface area contributed by atoms with Gasteiger partial charge in [0.05, 0.1) is 0 Å². The molecule has 0 bridgehead atoms. The molecule has 0 spiro atoms. The molecule has 2 aromatic rings. The van der Waals surface area contributed by atoms with Crippen molar-refractivity contribution in [2.45, 2.75) is 53.6 Å². The zero-order valence-corrected chi connectivity index (χ0v) is 17.9. The molecule has 8 heteroatoms. The number of hydrogen-bond donors (Lipinski definition) is 3. The Morgan fingerprint density at radius 3 is 2.73 bits per heavy atom. The molecule has 3 heterocycles. The van der Waals surface area contributed by atoms with Crippen LogP contribution in [0.25, 0.3) is 0 Å². The van der Waals surface area contributed by atoms with Gasteiger partial charge in [0.25, 0.3) is 5.56 Å². The van der Waals surface area contributed by atoms with E-state index in [0.29, 0.717) is 30.4 Å². The topological polar surface area (TPSA) is 119 Å². The molecule has 1 aliphatic rings. The fraction of sp³-hybridized carbons (Fsp3) is 0.455. The number of carbonyl (C=O) groups excluding carboxylic acids is 2. The number of nitrogens with one attached hydrogen (secondary N) is 2. The highest BCUT2D eigenvalue weighted by molar-refractivity contribution is 5.95. The van der Waals surface area contributed by atoms with Crippen LogP contribution < -0.4 is 21.9 Å². The van der Waals surface area contributed by atoms with E-state index in [0.717, 1.165) is 23.2 Å². The molecule has 3 rings (SSSR count). The van der Waals surface area contributed by atoms with Crippen LogP contribution in [0, 0.1) is 25.7 Å². The molecular weight excluding hydrogens is 382 g/mol. The first kappa shape index (κ1) is 21.5. The van der Waals surface area contributed by atoms with Gasteiger partial charge in [-0.3, -0.25) is 14.4 Å². The van der Waals surface area contributed by atoms with E-state index >= 15 is 0 Å². The number of pyridine rings is 2. The van der Waals surface area contributed by atoms with Gasteiger partial charge in [0.1, 0.15) is 18.1 Å². The number of nitrogen functional groups attached to an aromatic ring is 1. The van der Waals surface area contributed by atoms with E-state index in [1.165, 1.54) is 4.57 Å². The van der Waals surface area contributed by atoms with Crippen molar-refractivity contribution in [3.05, 3.63) is 51.1 Å². The number of aromatic nitrogens is 2. The van der Waals surface area contributed by atoms with Gasteiger partial charge in [0, 0.05) is 23.9 Å². The Labute approximate surface area is 175 Å². The summed E-state index contributed by atoms with van der Waals surface area (Å²) in [4.78, 5) is 42.0. The third-order valence-corrected chi connectivity index (χ3v) is 5.42. The number of hydrogen-bond acceptors (Lipinski definition) is 5. The van der Waals surface area contributed by atoms with Crippen LogP contribution >= 0.6 is 0 Å². The monoisotopic (exact) mass is 411 g/mol. The molecule has 0 fully saturated rings. The van der Waals surface area contributed by atoms with E-state index in [2.05, 4.69) is 29.5 Å². The summed E-state index contributed by atoms with van der Waals surface area (Å²) in [6.07, 6.45) is 1.32. The molecule has 0 saturated heterocycles. The van der Waals surface area contributed by atoms with Crippen molar-refractivity contribution in [1.82, 2.24) is 14.9 Å². The van der Waals surface area contributed by atoms with E-state index in [4.69, 9.17) is 5.73 Å². The maximum absolute atomic E-state index is 13.0. The quantitative estimate of drug-likeness (QED) is 0.671. The molecule has 160 valence electrons. The Balaban J connectivity index is 1.74. The highest BCUT2D eigenvalue weighted by Crippen LogP contribution is 2.27. The molecule has 2 amide bonds. The average Bonchev–Trinajstić information content (AvgIpc) is 2.65. The molecule has 0 unspecified atom stereocenters. The molecule has 2 aromatic heterocycles. The van der Waals surface area contributed by atoms with Crippen LogP contribution in [0.3, 0.4) is 0 Å². The van der Waals surface area contributed by atoms with Crippen LogP contribution in [0.4, 0.5) is 11.5 Å². The van der Waals surface area contributed by atoms with E-state index < -0.39 is 0 Å². The number of nitrogens with two attached hydrogens (primary N) is 1. The van der Waals surface area contributed by atoms with Crippen molar-refractivity contribution in [2.24, 2.45) is 11.8 Å². The minimum atomic E-state index is -0.346. The van der Waals surface area contributed by atoms with Gasteiger partial charge in [-0.2, -0.15) is 0 Å². The molecule has 1 atom stereocenters. The highest BCUT2D eigenvalue weighted by Gasteiger charge is 2.29. The molecule has 30 heavy (non-hydrogen) atoms. The van der Waals surface area contributed by atoms with E-state index in [9.17, 15) is 14.4 Å². The fourth-order valence-electron chi connectivity index (χ4n) is 3.86. The summed E-state index contributed by atoms with van der Waals surface area (Å²) in [6.45, 7) is 7.95. The minimum Gasteiger partial charge on any atom is -0.384 e. The second-order valence-corrected chi connectivity index (χ2v) is 8.35. The van der Waals surface area contributed by atoms with Gasteiger partial charge in [0.2, 0.25) is 11.8 Å². The predicted octanol–water partition coefficient (Wildman–Crippen LogP) is 1.92. The Morgan fingerprint density at radius 2 is 2.07 bits per heavy atom. The fourth-order valence-corrected chi connectivity index (χ4v) is 3.86. The first-order valence-electron chi connectivity index (χ1n) is 10.2. The Morgan fingerprint density at radius 1 is 1.33 bits per heavy atom. The lowest BCUT2D eigenvalue weighted by Gasteiger charge is -2.26. The number of carbonyl (C=O) groups is 2. The Bertz CT molecular complexity index is 1040. The number of anilines is 2. The van der Waals surface area contributed by atoms with E-state index in [1.54, 1.807) is 13.0 Å². The number of nitrogens with zero attached hydrogens (tertiary/aromatic N) is 2. The zero-order chi connectivity index (χ0) is 22.0. The second-order valence-electron chi connectivity index (χ2n) is 8.35. The molecular formula is C22H29N5O3. The summed E-state index contributed by atoms with van der Waals surface area (Å²) in [7, 11) is 0. The summed E-state index contributed by atoms with van der Waals surface area (Å²) in [5.41, 5.74) is 8.73. The molecule has 8 nitrogen and oxygen atoms in total. The number of rotatable bonds is 6. The zero-order valence-electron chi connectivity index (χ0n) is 17.9. The summed E-state index contributed by atoms with van der Waals surface area (Å²) < 4.78 is 1.39. The summed E-state index contributed by atoms with van der Waals surface area (Å²) >= 11 is 0. The maximum Gasteiger partial charge on any atom is 0.275 e. The number of fused-ring (bicyclic) bond motifs is 1. The van der Waals surface area contributed by atoms with Gasteiger partial charge in [-0.25, -0.2) is 4.98 Å². The number of aryl methyl sites for hydroxylation is 2. The highest BCUT2D eigenvalue weighted by atomic mass is 16.2. The first-order chi connectivity index (χ1) is 14.2. The van der Waals surface area contributed by atoms with Crippen LogP contribution in [0.1, 0.15) is 42.8 Å². The lowest BCUT2D eigenvalue weighted by molar-refractivity contribution is -0.122. The predicted molar refractivity (Wildman–Crippen MR) is 116 cm³/mol. The van der Waals surface area contributed by atoms with Crippen molar-refractivity contribution in [3.63, 3.8) is 0 Å². The smallest absolute Gasteiger partial charge is 0.275 e. The summed E-state index contributed by atoms with van der Waals surface area (Å²) in [6, 6.07) is 5.39. The SMILES string of the molecule is Cc1nc(N)ccc1CNC(=O)Cn1c(C)cc2c(c1=O)NC(=O)[C@@H](CC(C)C)C2. The van der Waals surface area contributed by atoms with Crippen LogP contribution in [-0.4, -0.2) is 21.4 Å². The molecule has 0 radical (unpaired) electrons. The molecule has 0 aliphatic carbocycles. The van der Waals surface area contributed by atoms with Gasteiger partial charge in [-0.15, -0.1) is 0 Å². The van der Waals surface area contributed by atoms with Gasteiger partial charge in [-0.1, -0.05) is 19.9 Å². The molecule has 4 N–H and O–H groups in total. The maximum atomic E-state index is 13.0. The first-order valence-corrected chi connectivity index (χ1v) is 10.2. The average molecular weight is 412 g/mol. The van der Waals surface area contributed by atoms with Gasteiger partial charge in [0.15, 0.2) is 0 Å². The van der Waals surface area contributed by atoms with Crippen molar-refractivity contribution < 1.29 is 9.59 Å². The van der Waals surface area contributed by atoms with E-state index in [-0.39, 0.29) is 35.5 Å². The molecule has 0 saturated carbocycles. The van der Waals surface area contributed by atoms with Gasteiger partial charge in [-0.05, 0) is 55.9 Å². The lowest BCUT2D eigenvalue weighted by atomic mass is 9.87. The van der Waals surface area contributed by atoms with Crippen LogP contribution in [0.5, 0.6) is 0 Å². The third kappa shape index (κ3) is 4.69. The van der Waals surface area contributed by atoms with Crippen LogP contribution in [-0.2, 0) is 29.1 Å². The Kier molecular flexibility index (Phi) is 6.24. The van der Waals surface area contributed by atoms with Crippen molar-refractivity contribution in [1.29, 1.82) is 0 Å². The minimum absolute atomic E-state index is 0.120. The van der Waals surface area contributed by atoms with Crippen LogP contribution in [0.15, 0.2) is 23.0 Å². The largest absolute Gasteiger partial charge is 0.384 e. The van der Waals surface area contributed by atoms with Crippen molar-refractivity contribution >= 4 is 23.3 Å². The lowest BCUT2D eigenvalue weighted by Crippen LogP contribution is -2.39. The van der Waals surface area contributed by atoms with Gasteiger partial charge < -0.3 is 20.9 Å². The van der Waals surface area contributed by atoms with Crippen LogP contribution in [0.2, 0.25) is 0 Å². The summed E-state index contributed by atoms with van der Waals surface area (Å²) in [5.74, 6) is 0.270. The third-order valence-electron chi connectivity index (χ3n) is 5.42. The van der Waals surface area contributed by atoms with Gasteiger partial charge >= 0.3 is 0 Å². The van der Waals surface area contributed by atoms with Crippen molar-refractivity contribution in [3.8, 4) is 0 Å². The standard InChI is InChI=1S/C22H29N5O3/c1-12(2)7-17-9-16-8-13(3)27(22(30)20(16)26-21(17)29)11-19(28)24-10-15-5-6-18(23)25-14(15)4/h5-6,8,12,17H,7,9-11H2,1-4H3,(H2,23,25)(H,24,28)(H,26,29)/t17-/m0/s1. The van der Waals surface area contributed by atoms with E-state index in [1.807, 2.05) is 19.1 Å².